The molecule has 0 saturated carbocycles. The summed E-state index contributed by atoms with van der Waals surface area (Å²) in [6.07, 6.45) is 1.82. The summed E-state index contributed by atoms with van der Waals surface area (Å²) in [7, 11) is 0. The van der Waals surface area contributed by atoms with Crippen LogP contribution >= 0.6 is 0 Å². The number of carbonyl (C=O) groups excluding carboxylic acids is 1. The number of likely N-dealkylation sites (tertiary alicyclic amines) is 1. The molecular formula is C30H28F3N7O3. The first kappa shape index (κ1) is 28.5. The quantitative estimate of drug-likeness (QED) is 0.352. The van der Waals surface area contributed by atoms with Gasteiger partial charge in [0.05, 0.1) is 28.6 Å². The van der Waals surface area contributed by atoms with E-state index >= 15 is 8.78 Å². The van der Waals surface area contributed by atoms with Crippen LogP contribution in [-0.4, -0.2) is 67.8 Å². The number of benzene rings is 2. The van der Waals surface area contributed by atoms with Crippen LogP contribution in [0.2, 0.25) is 0 Å². The number of aliphatic hydroxyl groups is 1. The van der Waals surface area contributed by atoms with Crippen molar-refractivity contribution < 1.29 is 27.6 Å². The minimum absolute atomic E-state index is 0.0519. The van der Waals surface area contributed by atoms with Crippen LogP contribution in [0.1, 0.15) is 61.1 Å². The van der Waals surface area contributed by atoms with Gasteiger partial charge in [0.1, 0.15) is 29.8 Å². The maximum Gasteiger partial charge on any atom is 0.263 e. The molecule has 4 heterocycles. The topological polar surface area (TPSA) is 132 Å². The lowest BCUT2D eigenvalue weighted by Crippen LogP contribution is -2.35. The third-order valence-corrected chi connectivity index (χ3v) is 8.03. The largest absolute Gasteiger partial charge is 0.391 e. The summed E-state index contributed by atoms with van der Waals surface area (Å²) in [5.74, 6) is -1.33. The zero-order valence-corrected chi connectivity index (χ0v) is 23.5. The van der Waals surface area contributed by atoms with Crippen LogP contribution in [0, 0.1) is 23.0 Å². The number of piperidine rings is 1. The summed E-state index contributed by atoms with van der Waals surface area (Å²) in [6, 6.07) is 7.95. The van der Waals surface area contributed by atoms with E-state index < -0.39 is 35.4 Å². The second-order valence-corrected chi connectivity index (χ2v) is 11.4. The van der Waals surface area contributed by atoms with Gasteiger partial charge in [-0.3, -0.25) is 4.79 Å². The first-order valence-corrected chi connectivity index (χ1v) is 13.9. The van der Waals surface area contributed by atoms with Crippen molar-refractivity contribution in [1.29, 1.82) is 5.26 Å². The molecule has 2 aliphatic rings. The Morgan fingerprint density at radius 2 is 1.91 bits per heavy atom. The lowest BCUT2D eigenvalue weighted by Gasteiger charge is -2.32. The zero-order valence-electron chi connectivity index (χ0n) is 23.5. The number of aliphatic hydroxyl groups excluding tert-OH is 1. The molecule has 4 aromatic rings. The molecule has 2 aromatic heterocycles. The molecule has 10 nitrogen and oxygen atoms in total. The summed E-state index contributed by atoms with van der Waals surface area (Å²) < 4.78 is 49.9. The number of alkyl halides is 1. The number of hydrogen-bond acceptors (Lipinski definition) is 9. The van der Waals surface area contributed by atoms with Crippen LogP contribution < -0.4 is 4.90 Å². The highest BCUT2D eigenvalue weighted by atomic mass is 19.1. The second-order valence-electron chi connectivity index (χ2n) is 11.4. The van der Waals surface area contributed by atoms with E-state index in [1.54, 1.807) is 6.07 Å². The summed E-state index contributed by atoms with van der Waals surface area (Å²) in [6.45, 7) is 3.66. The predicted octanol–water partition coefficient (Wildman–Crippen LogP) is 4.65. The molecule has 2 saturated heterocycles. The molecule has 0 spiro atoms. The first-order valence-electron chi connectivity index (χ1n) is 13.9. The number of carbonyl (C=O) groups is 1. The number of amides is 1. The predicted molar refractivity (Wildman–Crippen MR) is 149 cm³/mol. The van der Waals surface area contributed by atoms with E-state index in [0.29, 0.717) is 48.7 Å². The van der Waals surface area contributed by atoms with Gasteiger partial charge in [-0.1, -0.05) is 11.2 Å². The number of nitrogens with zero attached hydrogens (tertiary/aromatic N) is 7. The fraction of sp³-hybridized carbons (Fsp3) is 0.400. The average Bonchev–Trinajstić information content (AvgIpc) is 3.64. The van der Waals surface area contributed by atoms with Gasteiger partial charge in [0.2, 0.25) is 0 Å². The van der Waals surface area contributed by atoms with Crippen molar-refractivity contribution in [2.24, 2.45) is 0 Å². The highest BCUT2D eigenvalue weighted by Crippen LogP contribution is 2.37. The standard InChI is InChI=1S/C30H28F3N7O3/c1-30(2,33)29-37-26(38-43-29)16-7-9-39(10-8-16)27-24-22(31)6-5-20(25(24)35-15-36-27)17-3-4-21(23(32)11-17)28(42)40-14-19(41)12-18(40)13-34/h3-6,11,15-16,18-19,41H,7-10,12,14H2,1-2H3. The molecule has 43 heavy (non-hydrogen) atoms. The number of β-amino-alcohol motifs (C(OH)–C–C–N with tert-alkyl or cyclic N) is 1. The van der Waals surface area contributed by atoms with Gasteiger partial charge in [0.15, 0.2) is 11.5 Å². The minimum atomic E-state index is -1.74. The molecule has 2 unspecified atom stereocenters. The smallest absolute Gasteiger partial charge is 0.263 e. The number of aromatic nitrogens is 4. The number of fused-ring (bicyclic) bond motifs is 1. The van der Waals surface area contributed by atoms with Gasteiger partial charge < -0.3 is 19.4 Å². The van der Waals surface area contributed by atoms with Crippen LogP contribution in [0.3, 0.4) is 0 Å². The van der Waals surface area contributed by atoms with Crippen molar-refractivity contribution in [3.8, 4) is 17.2 Å². The Bertz CT molecular complexity index is 1740. The Labute approximate surface area is 244 Å². The summed E-state index contributed by atoms with van der Waals surface area (Å²) in [5.41, 5.74) is -0.855. The molecular weight excluding hydrogens is 563 g/mol. The highest BCUT2D eigenvalue weighted by Gasteiger charge is 2.36. The fourth-order valence-corrected chi connectivity index (χ4v) is 5.75. The molecule has 0 bridgehead atoms. The Hall–Kier alpha value is -4.57. The molecule has 222 valence electrons. The van der Waals surface area contributed by atoms with E-state index in [2.05, 4.69) is 20.1 Å². The van der Waals surface area contributed by atoms with Crippen molar-refractivity contribution in [2.45, 2.75) is 56.8 Å². The summed E-state index contributed by atoms with van der Waals surface area (Å²) >= 11 is 0. The van der Waals surface area contributed by atoms with E-state index in [1.165, 1.54) is 44.4 Å². The molecule has 0 radical (unpaired) electrons. The van der Waals surface area contributed by atoms with Gasteiger partial charge in [-0.2, -0.15) is 10.2 Å². The van der Waals surface area contributed by atoms with Crippen molar-refractivity contribution in [1.82, 2.24) is 25.0 Å². The Kier molecular flexibility index (Phi) is 7.25. The summed E-state index contributed by atoms with van der Waals surface area (Å²) in [5, 5.41) is 23.4. The molecule has 6 rings (SSSR count). The average molecular weight is 592 g/mol. The maximum atomic E-state index is 15.3. The Balaban J connectivity index is 1.27. The third-order valence-electron chi connectivity index (χ3n) is 8.03. The number of nitriles is 1. The van der Waals surface area contributed by atoms with Crippen LogP contribution in [0.15, 0.2) is 41.2 Å². The highest BCUT2D eigenvalue weighted by molar-refractivity contribution is 6.01. The Morgan fingerprint density at radius 1 is 1.14 bits per heavy atom. The lowest BCUT2D eigenvalue weighted by molar-refractivity contribution is 0.0736. The molecule has 2 aromatic carbocycles. The van der Waals surface area contributed by atoms with Gasteiger partial charge in [-0.05, 0) is 56.5 Å². The van der Waals surface area contributed by atoms with Gasteiger partial charge in [0.25, 0.3) is 11.8 Å². The molecule has 0 aliphatic carbocycles. The monoisotopic (exact) mass is 591 g/mol. The second kappa shape index (κ2) is 10.9. The fourth-order valence-electron chi connectivity index (χ4n) is 5.75. The van der Waals surface area contributed by atoms with E-state index in [1.807, 2.05) is 11.0 Å². The van der Waals surface area contributed by atoms with Crippen LogP contribution in [0.4, 0.5) is 19.0 Å². The van der Waals surface area contributed by atoms with E-state index in [0.717, 1.165) is 4.90 Å². The van der Waals surface area contributed by atoms with Gasteiger partial charge in [-0.25, -0.2) is 23.1 Å². The van der Waals surface area contributed by atoms with Crippen molar-refractivity contribution in [2.75, 3.05) is 24.5 Å². The molecule has 1 amide bonds. The van der Waals surface area contributed by atoms with Crippen molar-refractivity contribution >= 4 is 22.6 Å². The third kappa shape index (κ3) is 5.27. The minimum Gasteiger partial charge on any atom is -0.391 e. The summed E-state index contributed by atoms with van der Waals surface area (Å²) in [4.78, 5) is 29.0. The number of halogens is 3. The lowest BCUT2D eigenvalue weighted by atomic mass is 9.95. The Morgan fingerprint density at radius 3 is 2.58 bits per heavy atom. The van der Waals surface area contributed by atoms with E-state index in [-0.39, 0.29) is 41.2 Å². The van der Waals surface area contributed by atoms with Crippen LogP contribution in [0.25, 0.3) is 22.0 Å². The van der Waals surface area contributed by atoms with Gasteiger partial charge in [-0.15, -0.1) is 0 Å². The van der Waals surface area contributed by atoms with E-state index in [9.17, 15) is 19.6 Å². The van der Waals surface area contributed by atoms with Crippen LogP contribution in [0.5, 0.6) is 0 Å². The van der Waals surface area contributed by atoms with E-state index in [4.69, 9.17) is 4.52 Å². The molecule has 13 heteroatoms. The normalized spacial score (nSPS) is 19.7. The number of hydrogen-bond donors (Lipinski definition) is 1. The number of rotatable bonds is 5. The number of anilines is 1. The SMILES string of the molecule is CC(C)(F)c1nc(C2CCN(c3ncnc4c(-c5ccc(C(=O)N6CC(O)CC6C#N)c(F)c5)ccc(F)c34)CC2)no1. The van der Waals surface area contributed by atoms with Crippen LogP contribution in [-0.2, 0) is 5.67 Å². The van der Waals surface area contributed by atoms with Gasteiger partial charge >= 0.3 is 0 Å². The molecule has 1 N–H and O–H groups in total. The van der Waals surface area contributed by atoms with Gasteiger partial charge in [0, 0.05) is 37.5 Å². The van der Waals surface area contributed by atoms with Crippen molar-refractivity contribution in [3.05, 3.63) is 65.6 Å². The van der Waals surface area contributed by atoms with Crippen molar-refractivity contribution in [3.63, 3.8) is 0 Å². The maximum absolute atomic E-state index is 15.3. The first-order chi connectivity index (χ1) is 20.5. The molecule has 2 atom stereocenters. The zero-order chi connectivity index (χ0) is 30.5. The molecule has 2 aliphatic heterocycles. The molecule has 2 fully saturated rings.